The number of piperazine rings is 1. The number of nitrogens with one attached hydrogen (secondary N) is 1. The Bertz CT molecular complexity index is 273. The monoisotopic (exact) mass is 240 g/mol. The van der Waals surface area contributed by atoms with E-state index in [2.05, 4.69) is 19.2 Å². The van der Waals surface area contributed by atoms with E-state index >= 15 is 0 Å². The number of rotatable bonds is 1. The molecule has 0 bridgehead atoms. The highest BCUT2D eigenvalue weighted by Crippen LogP contribution is 2.36. The molecule has 1 atom stereocenters. The summed E-state index contributed by atoms with van der Waals surface area (Å²) in [6, 6.07) is 0. The molecule has 0 spiro atoms. The van der Waals surface area contributed by atoms with Crippen molar-refractivity contribution in [1.29, 1.82) is 0 Å². The van der Waals surface area contributed by atoms with Crippen LogP contribution in [0.15, 0.2) is 0 Å². The Kier molecular flexibility index (Phi) is 3.92. The minimum absolute atomic E-state index is 0.116. The Morgan fingerprint density at radius 1 is 1.35 bits per heavy atom. The van der Waals surface area contributed by atoms with E-state index in [0.717, 1.165) is 39.0 Å². The molecule has 2 fully saturated rings. The first-order valence-electron chi connectivity index (χ1n) is 6.73. The lowest BCUT2D eigenvalue weighted by atomic mass is 9.76. The van der Waals surface area contributed by atoms with Gasteiger partial charge in [-0.25, -0.2) is 4.79 Å². The zero-order valence-corrected chi connectivity index (χ0v) is 11.0. The van der Waals surface area contributed by atoms with Crippen molar-refractivity contribution >= 4 is 6.09 Å². The van der Waals surface area contributed by atoms with Gasteiger partial charge in [0.2, 0.25) is 0 Å². The van der Waals surface area contributed by atoms with Crippen molar-refractivity contribution < 1.29 is 9.53 Å². The summed E-state index contributed by atoms with van der Waals surface area (Å²) in [4.78, 5) is 13.8. The van der Waals surface area contributed by atoms with Crippen LogP contribution in [-0.2, 0) is 4.74 Å². The average Bonchev–Trinajstić information content (AvgIpc) is 2.29. The van der Waals surface area contributed by atoms with Crippen molar-refractivity contribution in [1.82, 2.24) is 10.2 Å². The second-order valence-corrected chi connectivity index (χ2v) is 6.00. The van der Waals surface area contributed by atoms with E-state index in [0.29, 0.717) is 5.41 Å². The van der Waals surface area contributed by atoms with Crippen molar-refractivity contribution in [2.24, 2.45) is 5.41 Å². The second-order valence-electron chi connectivity index (χ2n) is 6.00. The standard InChI is InChI=1S/C13H24N2O2/c1-13(2)5-3-4-11(10-13)17-12(16)15-8-6-14-7-9-15/h11,14H,3-10H2,1-2H3. The number of amides is 1. The topological polar surface area (TPSA) is 41.6 Å². The van der Waals surface area contributed by atoms with Crippen molar-refractivity contribution in [3.8, 4) is 0 Å². The Morgan fingerprint density at radius 3 is 2.71 bits per heavy atom. The molecule has 1 unspecified atom stereocenters. The van der Waals surface area contributed by atoms with E-state index in [9.17, 15) is 4.79 Å². The maximum atomic E-state index is 12.0. The average molecular weight is 240 g/mol. The first-order chi connectivity index (χ1) is 8.07. The van der Waals surface area contributed by atoms with Gasteiger partial charge in [0.25, 0.3) is 0 Å². The van der Waals surface area contributed by atoms with Crippen LogP contribution in [0.25, 0.3) is 0 Å². The Labute approximate surface area is 104 Å². The van der Waals surface area contributed by atoms with Gasteiger partial charge in [-0.2, -0.15) is 0 Å². The summed E-state index contributed by atoms with van der Waals surface area (Å²) in [7, 11) is 0. The van der Waals surface area contributed by atoms with Crippen LogP contribution in [-0.4, -0.2) is 43.3 Å². The van der Waals surface area contributed by atoms with Gasteiger partial charge in [-0.15, -0.1) is 0 Å². The SMILES string of the molecule is CC1(C)CCCC(OC(=O)N2CCNCC2)C1. The Morgan fingerprint density at radius 2 is 2.06 bits per heavy atom. The fourth-order valence-electron chi connectivity index (χ4n) is 2.79. The number of ether oxygens (including phenoxy) is 1. The number of carbonyl (C=O) groups is 1. The van der Waals surface area contributed by atoms with E-state index in [-0.39, 0.29) is 12.2 Å². The molecule has 2 rings (SSSR count). The fourth-order valence-corrected chi connectivity index (χ4v) is 2.79. The molecule has 1 amide bonds. The van der Waals surface area contributed by atoms with Crippen LogP contribution in [0, 0.1) is 5.41 Å². The van der Waals surface area contributed by atoms with Crippen molar-refractivity contribution in [2.45, 2.75) is 45.6 Å². The lowest BCUT2D eigenvalue weighted by Gasteiger charge is -2.36. The molecular formula is C13H24N2O2. The normalized spacial score (nSPS) is 28.8. The molecule has 0 radical (unpaired) electrons. The molecular weight excluding hydrogens is 216 g/mol. The molecule has 4 heteroatoms. The van der Waals surface area contributed by atoms with Crippen molar-refractivity contribution in [2.75, 3.05) is 26.2 Å². The molecule has 0 aromatic rings. The smallest absolute Gasteiger partial charge is 0.410 e. The third kappa shape index (κ3) is 3.60. The van der Waals surface area contributed by atoms with Gasteiger partial charge >= 0.3 is 6.09 Å². The maximum Gasteiger partial charge on any atom is 0.410 e. The van der Waals surface area contributed by atoms with Gasteiger partial charge in [0.1, 0.15) is 6.10 Å². The summed E-state index contributed by atoms with van der Waals surface area (Å²) in [5.74, 6) is 0. The zero-order valence-electron chi connectivity index (χ0n) is 11.0. The number of hydrogen-bond donors (Lipinski definition) is 1. The molecule has 1 saturated heterocycles. The Balaban J connectivity index is 1.81. The molecule has 0 aromatic heterocycles. The molecule has 1 aliphatic carbocycles. The largest absolute Gasteiger partial charge is 0.446 e. The highest BCUT2D eigenvalue weighted by Gasteiger charge is 2.31. The highest BCUT2D eigenvalue weighted by atomic mass is 16.6. The van der Waals surface area contributed by atoms with Gasteiger partial charge in [-0.3, -0.25) is 0 Å². The molecule has 1 heterocycles. The summed E-state index contributed by atoms with van der Waals surface area (Å²) in [6.07, 6.45) is 4.46. The molecule has 1 aliphatic heterocycles. The number of hydrogen-bond acceptors (Lipinski definition) is 3. The van der Waals surface area contributed by atoms with Crippen LogP contribution >= 0.6 is 0 Å². The van der Waals surface area contributed by atoms with Crippen LogP contribution in [0.2, 0.25) is 0 Å². The fraction of sp³-hybridized carbons (Fsp3) is 0.923. The summed E-state index contributed by atoms with van der Waals surface area (Å²) >= 11 is 0. The number of nitrogens with zero attached hydrogens (tertiary/aromatic N) is 1. The van der Waals surface area contributed by atoms with Crippen LogP contribution in [0.4, 0.5) is 4.79 Å². The van der Waals surface area contributed by atoms with E-state index in [4.69, 9.17) is 4.74 Å². The first kappa shape index (κ1) is 12.7. The molecule has 1 saturated carbocycles. The summed E-state index contributed by atoms with van der Waals surface area (Å²) in [5.41, 5.74) is 0.326. The maximum absolute atomic E-state index is 12.0. The lowest BCUT2D eigenvalue weighted by Crippen LogP contribution is -2.47. The summed E-state index contributed by atoms with van der Waals surface area (Å²) in [5, 5.41) is 3.24. The van der Waals surface area contributed by atoms with Crippen molar-refractivity contribution in [3.05, 3.63) is 0 Å². The van der Waals surface area contributed by atoms with Gasteiger partial charge in [0.05, 0.1) is 0 Å². The molecule has 2 aliphatic rings. The van der Waals surface area contributed by atoms with Crippen molar-refractivity contribution in [3.63, 3.8) is 0 Å². The van der Waals surface area contributed by atoms with Gasteiger partial charge < -0.3 is 15.0 Å². The summed E-state index contributed by atoms with van der Waals surface area (Å²) < 4.78 is 5.63. The third-order valence-electron chi connectivity index (χ3n) is 3.80. The summed E-state index contributed by atoms with van der Waals surface area (Å²) in [6.45, 7) is 7.83. The van der Waals surface area contributed by atoms with E-state index in [1.807, 2.05) is 4.90 Å². The predicted molar refractivity (Wildman–Crippen MR) is 67.0 cm³/mol. The first-order valence-corrected chi connectivity index (χ1v) is 6.73. The molecule has 4 nitrogen and oxygen atoms in total. The predicted octanol–water partition coefficient (Wildman–Crippen LogP) is 2.00. The van der Waals surface area contributed by atoms with Gasteiger partial charge in [0, 0.05) is 26.2 Å². The van der Waals surface area contributed by atoms with E-state index in [1.54, 1.807) is 0 Å². The van der Waals surface area contributed by atoms with E-state index < -0.39 is 0 Å². The quantitative estimate of drug-likeness (QED) is 0.762. The van der Waals surface area contributed by atoms with Crippen LogP contribution in [0.5, 0.6) is 0 Å². The van der Waals surface area contributed by atoms with Gasteiger partial charge in [-0.1, -0.05) is 13.8 Å². The molecule has 17 heavy (non-hydrogen) atoms. The minimum Gasteiger partial charge on any atom is -0.446 e. The molecule has 98 valence electrons. The van der Waals surface area contributed by atoms with Crippen LogP contribution < -0.4 is 5.32 Å². The van der Waals surface area contributed by atoms with Gasteiger partial charge in [-0.05, 0) is 31.1 Å². The molecule has 0 aromatic carbocycles. The van der Waals surface area contributed by atoms with Crippen LogP contribution in [0.3, 0.4) is 0 Å². The Hall–Kier alpha value is -0.770. The van der Waals surface area contributed by atoms with Crippen LogP contribution in [0.1, 0.15) is 39.5 Å². The lowest BCUT2D eigenvalue weighted by molar-refractivity contribution is 0.0160. The number of carbonyl (C=O) groups excluding carboxylic acids is 1. The highest BCUT2D eigenvalue weighted by molar-refractivity contribution is 5.68. The minimum atomic E-state index is -0.116. The van der Waals surface area contributed by atoms with Gasteiger partial charge in [0.15, 0.2) is 0 Å². The van der Waals surface area contributed by atoms with E-state index in [1.165, 1.54) is 12.8 Å². The zero-order chi connectivity index (χ0) is 12.3. The second kappa shape index (κ2) is 5.25. The third-order valence-corrected chi connectivity index (χ3v) is 3.80. The molecule has 1 N–H and O–H groups in total.